The van der Waals surface area contributed by atoms with E-state index in [0.717, 1.165) is 5.39 Å². The highest BCUT2D eigenvalue weighted by Gasteiger charge is 2.62. The first kappa shape index (κ1) is 35.0. The molecule has 1 aromatic carbocycles. The molecular formula is C33H44N6O8S. The second-order valence-electron chi connectivity index (χ2n) is 14.8. The molecule has 2 saturated carbocycles. The number of ether oxygens (including phenoxy) is 2. The highest BCUT2D eigenvalue weighted by molar-refractivity contribution is 7.91. The molecule has 1 saturated heterocycles. The average molecular weight is 685 g/mol. The molecule has 0 spiro atoms. The minimum absolute atomic E-state index is 0.0165. The second kappa shape index (κ2) is 12.6. The smallest absolute Gasteiger partial charge is 0.408 e. The number of fused-ring (bicyclic) bond motifs is 1. The fraction of sp³-hybridized carbons (Fsp3) is 0.576. The highest BCUT2D eigenvalue weighted by Crippen LogP contribution is 2.45. The highest BCUT2D eigenvalue weighted by atomic mass is 32.2. The number of hydrogen-bond acceptors (Lipinski definition) is 10. The summed E-state index contributed by atoms with van der Waals surface area (Å²) in [6.45, 7) is 14.1. The predicted octanol–water partition coefficient (Wildman–Crippen LogP) is 2.59. The van der Waals surface area contributed by atoms with Crippen molar-refractivity contribution >= 4 is 44.6 Å². The molecule has 2 aliphatic carbocycles. The van der Waals surface area contributed by atoms with Crippen molar-refractivity contribution in [3.05, 3.63) is 43.1 Å². The molecule has 1 aliphatic heterocycles. The molecule has 48 heavy (non-hydrogen) atoms. The van der Waals surface area contributed by atoms with Gasteiger partial charge in [-0.05, 0) is 51.5 Å². The zero-order chi connectivity index (χ0) is 35.2. The van der Waals surface area contributed by atoms with E-state index in [2.05, 4.69) is 32.1 Å². The monoisotopic (exact) mass is 684 g/mol. The lowest BCUT2D eigenvalue weighted by Gasteiger charge is -2.36. The summed E-state index contributed by atoms with van der Waals surface area (Å²) in [5, 5.41) is 14.5. The van der Waals surface area contributed by atoms with Crippen molar-refractivity contribution in [1.82, 2.24) is 30.5 Å². The van der Waals surface area contributed by atoms with Crippen molar-refractivity contribution in [2.45, 2.75) is 102 Å². The number of likely N-dealkylation sites (tertiary alicyclic amines) is 1. The maximum absolute atomic E-state index is 14.3. The van der Waals surface area contributed by atoms with Crippen LogP contribution in [0.25, 0.3) is 10.8 Å². The summed E-state index contributed by atoms with van der Waals surface area (Å²) in [6, 6.07) is 5.10. The van der Waals surface area contributed by atoms with Gasteiger partial charge in [0.15, 0.2) is 0 Å². The minimum Gasteiger partial charge on any atom is -0.471 e. The molecule has 4 amide bonds. The molecule has 3 aliphatic rings. The molecule has 14 nitrogen and oxygen atoms in total. The summed E-state index contributed by atoms with van der Waals surface area (Å²) in [4.78, 5) is 56.0. The first-order valence-electron chi connectivity index (χ1n) is 16.0. The molecule has 0 radical (unpaired) electrons. The van der Waals surface area contributed by atoms with Crippen molar-refractivity contribution < 1.29 is 37.1 Å². The van der Waals surface area contributed by atoms with Gasteiger partial charge in [-0.2, -0.15) is 5.10 Å². The van der Waals surface area contributed by atoms with E-state index < -0.39 is 79.7 Å². The van der Waals surface area contributed by atoms with E-state index in [1.807, 2.05) is 24.3 Å². The normalized spacial score (nSPS) is 24.7. The summed E-state index contributed by atoms with van der Waals surface area (Å²) in [5.74, 6) is -2.38. The molecule has 260 valence electrons. The van der Waals surface area contributed by atoms with Gasteiger partial charge in [-0.3, -0.25) is 19.1 Å². The van der Waals surface area contributed by atoms with E-state index >= 15 is 0 Å². The Bertz CT molecular complexity index is 1730. The van der Waals surface area contributed by atoms with Crippen molar-refractivity contribution in [2.75, 3.05) is 6.54 Å². The van der Waals surface area contributed by atoms with E-state index in [1.165, 1.54) is 11.0 Å². The molecule has 0 bridgehead atoms. The first-order valence-corrected chi connectivity index (χ1v) is 17.6. The van der Waals surface area contributed by atoms with Gasteiger partial charge in [0.1, 0.15) is 29.3 Å². The van der Waals surface area contributed by atoms with E-state index in [9.17, 15) is 27.6 Å². The maximum atomic E-state index is 14.3. The van der Waals surface area contributed by atoms with Crippen molar-refractivity contribution in [1.29, 1.82) is 0 Å². The Hall–Kier alpha value is -4.27. The van der Waals surface area contributed by atoms with Gasteiger partial charge in [-0.25, -0.2) is 13.2 Å². The zero-order valence-corrected chi connectivity index (χ0v) is 28.9. The van der Waals surface area contributed by atoms with Gasteiger partial charge in [0.05, 0.1) is 18.0 Å². The third-order valence-electron chi connectivity index (χ3n) is 8.69. The third kappa shape index (κ3) is 7.55. The Labute approximate surface area is 280 Å². The summed E-state index contributed by atoms with van der Waals surface area (Å²) in [7, 11) is -3.89. The fourth-order valence-corrected chi connectivity index (χ4v) is 7.24. The van der Waals surface area contributed by atoms with Crippen molar-refractivity contribution in [2.24, 2.45) is 11.3 Å². The third-order valence-corrected chi connectivity index (χ3v) is 10.5. The number of benzene rings is 1. The van der Waals surface area contributed by atoms with Crippen LogP contribution in [0.5, 0.6) is 5.88 Å². The molecule has 2 heterocycles. The van der Waals surface area contributed by atoms with Crippen LogP contribution in [-0.2, 0) is 29.1 Å². The second-order valence-corrected chi connectivity index (χ2v) is 16.8. The van der Waals surface area contributed by atoms with Crippen LogP contribution in [0.2, 0.25) is 0 Å². The maximum Gasteiger partial charge on any atom is 0.408 e. The number of nitrogens with zero attached hydrogens (tertiary/aromatic N) is 3. The average Bonchev–Trinajstić information content (AvgIpc) is 3.91. The molecule has 5 atom stereocenters. The zero-order valence-electron chi connectivity index (χ0n) is 28.1. The quantitative estimate of drug-likeness (QED) is 0.314. The molecule has 2 aromatic rings. The van der Waals surface area contributed by atoms with Gasteiger partial charge in [-0.1, -0.05) is 45.0 Å². The van der Waals surface area contributed by atoms with Crippen LogP contribution in [0.4, 0.5) is 4.79 Å². The number of rotatable bonds is 10. The summed E-state index contributed by atoms with van der Waals surface area (Å²) < 4.78 is 39.1. The number of carbonyl (C=O) groups is 4. The van der Waals surface area contributed by atoms with Gasteiger partial charge >= 0.3 is 6.09 Å². The number of sulfonamides is 1. The number of hydrogen-bond donors (Lipinski definition) is 3. The number of carbonyl (C=O) groups excluding carboxylic acids is 4. The van der Waals surface area contributed by atoms with Gasteiger partial charge in [0.25, 0.3) is 5.91 Å². The van der Waals surface area contributed by atoms with Crippen LogP contribution in [0.3, 0.4) is 0 Å². The van der Waals surface area contributed by atoms with Gasteiger partial charge in [0, 0.05) is 23.1 Å². The molecule has 1 unspecified atom stereocenters. The SMILES string of the molecule is C=CC1C[C@]1(NC(=O)[C@@H]1C[C@@H](Oc2nncc3ccccc23)CN1C(=O)[C@@H](NC(=O)OC(C)(C)C)C(C)(C)C)C(=O)NS(=O)(=O)C1CC1. The number of alkyl carbamates (subject to hydrolysis) is 1. The van der Waals surface area contributed by atoms with E-state index in [1.54, 1.807) is 47.7 Å². The Morgan fingerprint density at radius 3 is 2.40 bits per heavy atom. The number of aromatic nitrogens is 2. The summed E-state index contributed by atoms with van der Waals surface area (Å²) in [6.07, 6.45) is 2.65. The van der Waals surface area contributed by atoms with Crippen LogP contribution < -0.4 is 20.1 Å². The van der Waals surface area contributed by atoms with E-state index in [0.29, 0.717) is 18.2 Å². The van der Waals surface area contributed by atoms with Gasteiger partial charge in [0.2, 0.25) is 27.7 Å². The Balaban J connectivity index is 1.43. The Morgan fingerprint density at radius 1 is 1.10 bits per heavy atom. The van der Waals surface area contributed by atoms with Crippen LogP contribution in [0.15, 0.2) is 43.1 Å². The summed E-state index contributed by atoms with van der Waals surface area (Å²) in [5.41, 5.74) is -3.18. The molecule has 3 fully saturated rings. The largest absolute Gasteiger partial charge is 0.471 e. The lowest BCUT2D eigenvalue weighted by molar-refractivity contribution is -0.143. The van der Waals surface area contributed by atoms with E-state index in [4.69, 9.17) is 9.47 Å². The molecule has 3 N–H and O–H groups in total. The number of amides is 4. The fourth-order valence-electron chi connectivity index (χ4n) is 5.88. The lowest BCUT2D eigenvalue weighted by Crippen LogP contribution is -2.60. The van der Waals surface area contributed by atoms with Crippen LogP contribution in [0.1, 0.15) is 67.2 Å². The summed E-state index contributed by atoms with van der Waals surface area (Å²) >= 11 is 0. The molecule has 1 aromatic heterocycles. The minimum atomic E-state index is -3.89. The topological polar surface area (TPSA) is 186 Å². The lowest BCUT2D eigenvalue weighted by atomic mass is 9.85. The molecule has 15 heteroatoms. The Kier molecular flexibility index (Phi) is 9.23. The number of nitrogens with one attached hydrogen (secondary N) is 3. The van der Waals surface area contributed by atoms with Gasteiger partial charge < -0.3 is 25.0 Å². The Morgan fingerprint density at radius 2 is 1.79 bits per heavy atom. The van der Waals surface area contributed by atoms with Crippen LogP contribution in [0, 0.1) is 11.3 Å². The predicted molar refractivity (Wildman–Crippen MR) is 176 cm³/mol. The van der Waals surface area contributed by atoms with Crippen LogP contribution in [-0.4, -0.2) is 88.5 Å². The van der Waals surface area contributed by atoms with Gasteiger partial charge in [-0.15, -0.1) is 11.7 Å². The first-order chi connectivity index (χ1) is 22.3. The van der Waals surface area contributed by atoms with E-state index in [-0.39, 0.29) is 25.3 Å². The standard InChI is InChI=1S/C33H44N6O8S/c1-8-20-16-33(20,29(42)38-48(44,45)22-13-14-22)36-26(40)24-15-21(46-27-23-12-10-9-11-19(23)17-34-37-27)18-39(24)28(41)25(31(2,3)4)35-30(43)47-32(5,6)7/h8-12,17,20-22,24-25H,1,13-16,18H2,2-7H3,(H,35,43)(H,36,40)(H,38,42)/t20?,21-,24+,25-,33-/m1/s1. The van der Waals surface area contributed by atoms with Crippen molar-refractivity contribution in [3.8, 4) is 5.88 Å². The molecular weight excluding hydrogens is 640 g/mol. The van der Waals surface area contributed by atoms with Crippen LogP contribution >= 0.6 is 0 Å². The van der Waals surface area contributed by atoms with Crippen molar-refractivity contribution in [3.63, 3.8) is 0 Å². The molecule has 5 rings (SSSR count).